The summed E-state index contributed by atoms with van der Waals surface area (Å²) in [6.07, 6.45) is 2.07. The predicted molar refractivity (Wildman–Crippen MR) is 87.1 cm³/mol. The van der Waals surface area contributed by atoms with Crippen LogP contribution in [0.3, 0.4) is 0 Å². The van der Waals surface area contributed by atoms with Crippen LogP contribution in [-0.2, 0) is 10.1 Å². The van der Waals surface area contributed by atoms with Crippen LogP contribution in [0.1, 0.15) is 65.9 Å². The monoisotopic (exact) mass is 312 g/mol. The Labute approximate surface area is 129 Å². The van der Waals surface area contributed by atoms with Gasteiger partial charge in [-0.1, -0.05) is 53.7 Å². The van der Waals surface area contributed by atoms with Crippen LogP contribution >= 0.6 is 0 Å². The number of rotatable bonds is 4. The highest BCUT2D eigenvalue weighted by atomic mass is 32.2. The third-order valence-corrected chi connectivity index (χ3v) is 4.23. The van der Waals surface area contributed by atoms with Crippen molar-refractivity contribution in [1.29, 1.82) is 0 Å². The molecule has 4 heteroatoms. The Kier molecular flexibility index (Phi) is 5.27. The van der Waals surface area contributed by atoms with Gasteiger partial charge in [-0.15, -0.1) is 0 Å². The molecule has 21 heavy (non-hydrogen) atoms. The van der Waals surface area contributed by atoms with Crippen molar-refractivity contribution >= 4 is 10.1 Å². The second kappa shape index (κ2) is 6.09. The van der Waals surface area contributed by atoms with Crippen molar-refractivity contribution in [1.82, 2.24) is 0 Å². The average molecular weight is 312 g/mol. The van der Waals surface area contributed by atoms with Gasteiger partial charge in [0.1, 0.15) is 0 Å². The molecule has 0 saturated carbocycles. The van der Waals surface area contributed by atoms with E-state index in [1.807, 2.05) is 12.1 Å². The van der Waals surface area contributed by atoms with Crippen LogP contribution in [0.5, 0.6) is 0 Å². The summed E-state index contributed by atoms with van der Waals surface area (Å²) in [6.45, 7) is 13.3. The van der Waals surface area contributed by atoms with E-state index in [1.54, 1.807) is 0 Å². The fourth-order valence-corrected chi connectivity index (χ4v) is 3.18. The third kappa shape index (κ3) is 6.62. The molecule has 0 unspecified atom stereocenters. The first-order chi connectivity index (χ1) is 9.28. The van der Waals surface area contributed by atoms with E-state index in [2.05, 4.69) is 41.5 Å². The van der Waals surface area contributed by atoms with Crippen LogP contribution < -0.4 is 0 Å². The molecule has 1 aromatic carbocycles. The van der Waals surface area contributed by atoms with Crippen LogP contribution in [-0.4, -0.2) is 13.0 Å². The molecule has 0 amide bonds. The Morgan fingerprint density at radius 2 is 1.29 bits per heavy atom. The van der Waals surface area contributed by atoms with Gasteiger partial charge in [0.25, 0.3) is 10.1 Å². The summed E-state index contributed by atoms with van der Waals surface area (Å²) in [5.74, 6) is 0.375. The lowest BCUT2D eigenvalue weighted by Gasteiger charge is -2.31. The van der Waals surface area contributed by atoms with Crippen LogP contribution in [0.15, 0.2) is 29.2 Å². The first kappa shape index (κ1) is 18.2. The maximum atomic E-state index is 11.1. The Morgan fingerprint density at radius 1 is 0.905 bits per heavy atom. The summed E-state index contributed by atoms with van der Waals surface area (Å²) in [5.41, 5.74) is 1.54. The van der Waals surface area contributed by atoms with Crippen LogP contribution in [0.2, 0.25) is 0 Å². The molecule has 120 valence electrons. The minimum absolute atomic E-state index is 0.0449. The van der Waals surface area contributed by atoms with Gasteiger partial charge in [-0.05, 0) is 47.3 Å². The summed E-state index contributed by atoms with van der Waals surface area (Å²) < 4.78 is 31.3. The average Bonchev–Trinajstić information content (AvgIpc) is 2.23. The van der Waals surface area contributed by atoms with Crippen LogP contribution in [0, 0.1) is 10.8 Å². The Bertz CT molecular complexity index is 542. The van der Waals surface area contributed by atoms with Gasteiger partial charge in [-0.2, -0.15) is 8.42 Å². The zero-order chi connectivity index (χ0) is 16.5. The molecule has 0 aliphatic heterocycles. The molecule has 0 aliphatic rings. The van der Waals surface area contributed by atoms with Crippen molar-refractivity contribution < 1.29 is 13.0 Å². The Balaban J connectivity index is 3.08. The molecule has 0 bridgehead atoms. The van der Waals surface area contributed by atoms with E-state index in [0.29, 0.717) is 5.92 Å². The fourth-order valence-electron chi connectivity index (χ4n) is 2.70. The molecule has 0 spiro atoms. The maximum absolute atomic E-state index is 11.1. The van der Waals surface area contributed by atoms with Crippen molar-refractivity contribution in [2.45, 2.75) is 65.2 Å². The van der Waals surface area contributed by atoms with Gasteiger partial charge in [0.05, 0.1) is 4.90 Å². The van der Waals surface area contributed by atoms with E-state index in [0.717, 1.165) is 18.4 Å². The molecule has 0 aromatic heterocycles. The Morgan fingerprint density at radius 3 is 1.57 bits per heavy atom. The quantitative estimate of drug-likeness (QED) is 0.805. The summed E-state index contributed by atoms with van der Waals surface area (Å²) in [4.78, 5) is -0.0449. The second-order valence-electron chi connectivity index (χ2n) is 8.27. The highest BCUT2D eigenvalue weighted by Crippen LogP contribution is 2.39. The lowest BCUT2D eigenvalue weighted by Crippen LogP contribution is -2.18. The molecule has 1 aromatic rings. The summed E-state index contributed by atoms with van der Waals surface area (Å²) in [6, 6.07) is 6.63. The van der Waals surface area contributed by atoms with Gasteiger partial charge in [0, 0.05) is 0 Å². The molecular weight excluding hydrogens is 284 g/mol. The molecule has 0 fully saturated rings. The third-order valence-electron chi connectivity index (χ3n) is 3.37. The van der Waals surface area contributed by atoms with E-state index in [-0.39, 0.29) is 15.7 Å². The lowest BCUT2D eigenvalue weighted by atomic mass is 9.74. The highest BCUT2D eigenvalue weighted by molar-refractivity contribution is 7.85. The van der Waals surface area contributed by atoms with Gasteiger partial charge in [0.2, 0.25) is 0 Å². The van der Waals surface area contributed by atoms with Crippen molar-refractivity contribution in [3.63, 3.8) is 0 Å². The van der Waals surface area contributed by atoms with Gasteiger partial charge in [-0.25, -0.2) is 0 Å². The normalized spacial score (nSPS) is 13.7. The highest BCUT2D eigenvalue weighted by Gasteiger charge is 2.25. The van der Waals surface area contributed by atoms with E-state index in [1.165, 1.54) is 12.1 Å². The van der Waals surface area contributed by atoms with Gasteiger partial charge in [0.15, 0.2) is 0 Å². The molecule has 1 N–H and O–H groups in total. The van der Waals surface area contributed by atoms with E-state index in [4.69, 9.17) is 4.55 Å². The first-order valence-electron chi connectivity index (χ1n) is 7.35. The molecule has 0 aliphatic carbocycles. The first-order valence-corrected chi connectivity index (χ1v) is 8.79. The zero-order valence-electron chi connectivity index (χ0n) is 14.0. The smallest absolute Gasteiger partial charge is 0.282 e. The SMILES string of the molecule is CC(C)(C)CC(CC(C)(C)C)c1ccc(S(=O)(=O)O)cc1. The van der Waals surface area contributed by atoms with Crippen LogP contribution in [0.4, 0.5) is 0 Å². The maximum Gasteiger partial charge on any atom is 0.294 e. The topological polar surface area (TPSA) is 54.4 Å². The van der Waals surface area contributed by atoms with Crippen molar-refractivity contribution in [2.24, 2.45) is 10.8 Å². The van der Waals surface area contributed by atoms with Crippen molar-refractivity contribution in [3.05, 3.63) is 29.8 Å². The molecule has 0 heterocycles. The minimum Gasteiger partial charge on any atom is -0.282 e. The van der Waals surface area contributed by atoms with Crippen molar-refractivity contribution in [3.8, 4) is 0 Å². The van der Waals surface area contributed by atoms with E-state index in [9.17, 15) is 8.42 Å². The van der Waals surface area contributed by atoms with Gasteiger partial charge in [-0.3, -0.25) is 4.55 Å². The number of hydrogen-bond donors (Lipinski definition) is 1. The van der Waals surface area contributed by atoms with Crippen molar-refractivity contribution in [2.75, 3.05) is 0 Å². The van der Waals surface area contributed by atoms with Gasteiger partial charge < -0.3 is 0 Å². The minimum atomic E-state index is -4.12. The summed E-state index contributed by atoms with van der Waals surface area (Å²) in [5, 5.41) is 0. The Hall–Kier alpha value is -0.870. The van der Waals surface area contributed by atoms with Crippen LogP contribution in [0.25, 0.3) is 0 Å². The molecular formula is C17H28O3S. The predicted octanol–water partition coefficient (Wildman–Crippen LogP) is 4.89. The number of benzene rings is 1. The molecule has 3 nitrogen and oxygen atoms in total. The second-order valence-corrected chi connectivity index (χ2v) is 9.69. The van der Waals surface area contributed by atoms with E-state index < -0.39 is 10.1 Å². The largest absolute Gasteiger partial charge is 0.294 e. The molecule has 1 rings (SSSR count). The molecule has 0 saturated heterocycles. The van der Waals surface area contributed by atoms with E-state index >= 15 is 0 Å². The lowest BCUT2D eigenvalue weighted by molar-refractivity contribution is 0.269. The summed E-state index contributed by atoms with van der Waals surface area (Å²) >= 11 is 0. The molecule has 0 radical (unpaired) electrons. The van der Waals surface area contributed by atoms with Gasteiger partial charge >= 0.3 is 0 Å². The standard InChI is InChI=1S/C17H28O3S/c1-16(2,3)11-14(12-17(4,5)6)13-7-9-15(10-8-13)21(18,19)20/h7-10,14H,11-12H2,1-6H3,(H,18,19,20). The summed E-state index contributed by atoms with van der Waals surface area (Å²) in [7, 11) is -4.12. The molecule has 0 atom stereocenters. The fraction of sp³-hybridized carbons (Fsp3) is 0.647. The zero-order valence-corrected chi connectivity index (χ0v) is 14.8. The number of hydrogen-bond acceptors (Lipinski definition) is 2.